The van der Waals surface area contributed by atoms with Gasteiger partial charge in [-0.25, -0.2) is 4.39 Å². The summed E-state index contributed by atoms with van der Waals surface area (Å²) >= 11 is 0. The maximum atomic E-state index is 15.5. The highest BCUT2D eigenvalue weighted by Crippen LogP contribution is 2.46. The molecule has 184 valence electrons. The van der Waals surface area contributed by atoms with Crippen molar-refractivity contribution in [2.24, 2.45) is 16.8 Å². The van der Waals surface area contributed by atoms with Gasteiger partial charge in [0.1, 0.15) is 17.2 Å². The number of fused-ring (bicyclic) bond motifs is 1. The third-order valence-electron chi connectivity index (χ3n) is 8.06. The number of halogens is 1. The van der Waals surface area contributed by atoms with Gasteiger partial charge in [-0.15, -0.1) is 0 Å². The number of aryl methyl sites for hydroxylation is 1. The van der Waals surface area contributed by atoms with Gasteiger partial charge in [0.15, 0.2) is 0 Å². The number of rotatable bonds is 6. The van der Waals surface area contributed by atoms with E-state index in [0.29, 0.717) is 43.9 Å². The first-order valence-electron chi connectivity index (χ1n) is 12.9. The van der Waals surface area contributed by atoms with Crippen molar-refractivity contribution in [1.29, 1.82) is 0 Å². The molecule has 8 heteroatoms. The number of aromatic nitrogens is 2. The van der Waals surface area contributed by atoms with Crippen LogP contribution in [0.1, 0.15) is 38.2 Å². The third kappa shape index (κ3) is 3.38. The van der Waals surface area contributed by atoms with Crippen molar-refractivity contribution < 1.29 is 14.0 Å². The molecule has 2 aromatic carbocycles. The van der Waals surface area contributed by atoms with E-state index in [9.17, 15) is 9.59 Å². The molecular formula is C28H28FN5O2. The number of benzene rings is 2. The van der Waals surface area contributed by atoms with Gasteiger partial charge in [-0.2, -0.15) is 5.10 Å². The maximum absolute atomic E-state index is 15.5. The van der Waals surface area contributed by atoms with Crippen molar-refractivity contribution in [1.82, 2.24) is 19.6 Å². The molecule has 7 rings (SSSR count). The van der Waals surface area contributed by atoms with Gasteiger partial charge in [0.25, 0.3) is 5.91 Å². The van der Waals surface area contributed by atoms with Crippen LogP contribution in [-0.2, 0) is 16.1 Å². The Hall–Kier alpha value is -3.55. The molecule has 36 heavy (non-hydrogen) atoms. The van der Waals surface area contributed by atoms with Crippen LogP contribution in [0.5, 0.6) is 0 Å². The van der Waals surface area contributed by atoms with Gasteiger partial charge in [0, 0.05) is 43.4 Å². The number of nitrogens with zero attached hydrogens (tertiary/aromatic N) is 5. The van der Waals surface area contributed by atoms with Crippen LogP contribution < -0.4 is 0 Å². The van der Waals surface area contributed by atoms with Crippen molar-refractivity contribution in [3.8, 4) is 11.1 Å². The highest BCUT2D eigenvalue weighted by molar-refractivity contribution is 6.16. The number of aliphatic imine (C=N–C) groups is 1. The second-order valence-corrected chi connectivity index (χ2v) is 10.7. The molecule has 3 aromatic rings. The highest BCUT2D eigenvalue weighted by Gasteiger charge is 2.58. The Kier molecular flexibility index (Phi) is 4.66. The lowest BCUT2D eigenvalue weighted by molar-refractivity contribution is -0.139. The van der Waals surface area contributed by atoms with Crippen LogP contribution in [0.4, 0.5) is 4.39 Å². The summed E-state index contributed by atoms with van der Waals surface area (Å²) in [5.74, 6) is 0.689. The first-order chi connectivity index (χ1) is 17.5. The zero-order chi connectivity index (χ0) is 24.6. The second kappa shape index (κ2) is 7.72. The van der Waals surface area contributed by atoms with E-state index < -0.39 is 5.54 Å². The maximum Gasteiger partial charge on any atom is 0.256 e. The number of amidine groups is 1. The van der Waals surface area contributed by atoms with Gasteiger partial charge in [-0.3, -0.25) is 24.2 Å². The van der Waals surface area contributed by atoms with Gasteiger partial charge in [-0.05, 0) is 68.0 Å². The van der Waals surface area contributed by atoms with E-state index in [-0.39, 0.29) is 29.5 Å². The lowest BCUT2D eigenvalue weighted by Crippen LogP contribution is -2.55. The summed E-state index contributed by atoms with van der Waals surface area (Å²) in [5, 5.41) is 5.41. The molecule has 4 aliphatic rings. The SMILES string of the molecule is CCn1ncc2cc(-c3ccc(C4=NC5(CC5)C(=O)N4CC4CN(C(=O)C5CC5)C4)c(F)c3)ccc21. The van der Waals surface area contributed by atoms with Gasteiger partial charge < -0.3 is 4.90 Å². The molecule has 3 heterocycles. The zero-order valence-corrected chi connectivity index (χ0v) is 20.3. The zero-order valence-electron chi connectivity index (χ0n) is 20.3. The van der Waals surface area contributed by atoms with E-state index in [1.165, 1.54) is 6.07 Å². The molecule has 0 radical (unpaired) electrons. The normalized spacial score (nSPS) is 20.8. The summed E-state index contributed by atoms with van der Waals surface area (Å²) in [4.78, 5) is 33.8. The fourth-order valence-electron chi connectivity index (χ4n) is 5.58. The van der Waals surface area contributed by atoms with Crippen LogP contribution in [0.2, 0.25) is 0 Å². The van der Waals surface area contributed by atoms with E-state index in [1.807, 2.05) is 40.0 Å². The van der Waals surface area contributed by atoms with Crippen LogP contribution in [0, 0.1) is 17.7 Å². The van der Waals surface area contributed by atoms with Crippen molar-refractivity contribution in [3.05, 3.63) is 54.0 Å². The molecule has 0 unspecified atom stereocenters. The van der Waals surface area contributed by atoms with E-state index >= 15 is 4.39 Å². The van der Waals surface area contributed by atoms with Crippen LogP contribution >= 0.6 is 0 Å². The Balaban J connectivity index is 1.14. The first kappa shape index (κ1) is 21.7. The van der Waals surface area contributed by atoms with Crippen molar-refractivity contribution in [3.63, 3.8) is 0 Å². The van der Waals surface area contributed by atoms with Crippen molar-refractivity contribution in [2.45, 2.75) is 44.7 Å². The number of carbonyl (C=O) groups is 2. The number of carbonyl (C=O) groups excluding carboxylic acids is 2. The van der Waals surface area contributed by atoms with E-state index in [4.69, 9.17) is 4.99 Å². The number of likely N-dealkylation sites (tertiary alicyclic amines) is 1. The predicted octanol–water partition coefficient (Wildman–Crippen LogP) is 3.85. The lowest BCUT2D eigenvalue weighted by Gasteiger charge is -2.41. The fourth-order valence-corrected chi connectivity index (χ4v) is 5.58. The molecule has 1 saturated heterocycles. The van der Waals surface area contributed by atoms with Crippen LogP contribution in [0.25, 0.3) is 22.0 Å². The Bertz CT molecular complexity index is 1450. The largest absolute Gasteiger partial charge is 0.342 e. The van der Waals surface area contributed by atoms with Gasteiger partial charge in [0.05, 0.1) is 17.3 Å². The molecule has 2 aliphatic heterocycles. The predicted molar refractivity (Wildman–Crippen MR) is 134 cm³/mol. The molecule has 0 bridgehead atoms. The molecule has 0 N–H and O–H groups in total. The van der Waals surface area contributed by atoms with Crippen molar-refractivity contribution >= 4 is 28.6 Å². The minimum Gasteiger partial charge on any atom is -0.342 e. The summed E-state index contributed by atoms with van der Waals surface area (Å²) in [6.07, 6.45) is 5.26. The van der Waals surface area contributed by atoms with Gasteiger partial charge >= 0.3 is 0 Å². The summed E-state index contributed by atoms with van der Waals surface area (Å²) in [6.45, 7) is 4.65. The summed E-state index contributed by atoms with van der Waals surface area (Å²) in [5.41, 5.74) is 2.40. The molecule has 3 fully saturated rings. The van der Waals surface area contributed by atoms with Crippen LogP contribution in [-0.4, -0.2) is 62.4 Å². The molecule has 1 spiro atoms. The fraction of sp³-hybridized carbons (Fsp3) is 0.429. The first-order valence-corrected chi connectivity index (χ1v) is 12.9. The molecule has 2 amide bonds. The smallest absolute Gasteiger partial charge is 0.256 e. The van der Waals surface area contributed by atoms with Crippen LogP contribution in [0.15, 0.2) is 47.6 Å². The molecule has 2 saturated carbocycles. The van der Waals surface area contributed by atoms with Gasteiger partial charge in [0.2, 0.25) is 5.91 Å². The standard InChI is InChI=1S/C28H28FN5O2/c1-2-34-24-8-6-19(11-21(24)13-30-34)20-5-7-22(23(29)12-20)25-31-28(9-10-28)27(36)33(25)16-17-14-32(15-17)26(35)18-3-4-18/h5-8,11-13,17-18H,2-4,9-10,14-16H2,1H3. The van der Waals surface area contributed by atoms with Crippen molar-refractivity contribution in [2.75, 3.05) is 19.6 Å². The summed E-state index contributed by atoms with van der Waals surface area (Å²) in [7, 11) is 0. The molecule has 2 aliphatic carbocycles. The number of hydrogen-bond donors (Lipinski definition) is 0. The summed E-state index contributed by atoms with van der Waals surface area (Å²) < 4.78 is 17.5. The monoisotopic (exact) mass is 485 g/mol. The topological polar surface area (TPSA) is 70.8 Å². The van der Waals surface area contributed by atoms with E-state index in [2.05, 4.69) is 12.0 Å². The Labute approximate surface area is 208 Å². The quantitative estimate of drug-likeness (QED) is 0.533. The molecule has 1 aromatic heterocycles. The second-order valence-electron chi connectivity index (χ2n) is 10.7. The Morgan fingerprint density at radius 2 is 1.86 bits per heavy atom. The van der Waals surface area contributed by atoms with Crippen LogP contribution in [0.3, 0.4) is 0 Å². The van der Waals surface area contributed by atoms with E-state index in [0.717, 1.165) is 41.4 Å². The highest BCUT2D eigenvalue weighted by atomic mass is 19.1. The average molecular weight is 486 g/mol. The summed E-state index contributed by atoms with van der Waals surface area (Å²) in [6, 6.07) is 11.2. The number of hydrogen-bond acceptors (Lipinski definition) is 4. The Morgan fingerprint density at radius 3 is 2.56 bits per heavy atom. The average Bonchev–Trinajstić information content (AvgIpc) is 3.78. The minimum atomic E-state index is -0.696. The minimum absolute atomic E-state index is 0.0219. The molecular weight excluding hydrogens is 457 g/mol. The number of amides is 2. The molecule has 0 atom stereocenters. The lowest BCUT2D eigenvalue weighted by atomic mass is 9.97. The van der Waals surface area contributed by atoms with Gasteiger partial charge in [-0.1, -0.05) is 12.1 Å². The molecule has 7 nitrogen and oxygen atoms in total. The third-order valence-corrected chi connectivity index (χ3v) is 8.06. The van der Waals surface area contributed by atoms with E-state index in [1.54, 1.807) is 11.0 Å². The Morgan fingerprint density at radius 1 is 1.11 bits per heavy atom.